The largest absolute Gasteiger partial charge is 0.192 e. The van der Waals surface area contributed by atoms with Crippen molar-refractivity contribution >= 4 is 10.8 Å². The zero-order chi connectivity index (χ0) is 13.7. The van der Waals surface area contributed by atoms with E-state index in [-0.39, 0.29) is 0 Å². The summed E-state index contributed by atoms with van der Waals surface area (Å²) in [7, 11) is 0. The molecule has 94 valence electrons. The topological polar surface area (TPSA) is 47.6 Å². The summed E-state index contributed by atoms with van der Waals surface area (Å²) in [5.41, 5.74) is 2.17. The van der Waals surface area contributed by atoms with Crippen molar-refractivity contribution in [1.29, 1.82) is 10.5 Å². The fourth-order valence-electron chi connectivity index (χ4n) is 2.44. The number of aryl methyl sites for hydroxylation is 1. The maximum atomic E-state index is 9.34. The maximum absolute atomic E-state index is 9.34. The number of unbranched alkanes of at least 4 members (excludes halogenated alkanes) is 2. The van der Waals surface area contributed by atoms with Crippen molar-refractivity contribution in [3.05, 3.63) is 47.0 Å². The van der Waals surface area contributed by atoms with Crippen LogP contribution in [0.1, 0.15) is 42.9 Å². The van der Waals surface area contributed by atoms with E-state index in [0.717, 1.165) is 23.6 Å². The molecule has 0 radical (unpaired) electrons. The SMILES string of the molecule is CCCCCc1cccc2ccc(C#N)c(C#N)c12. The minimum atomic E-state index is 0.470. The van der Waals surface area contributed by atoms with Crippen LogP contribution in [0.2, 0.25) is 0 Å². The molecule has 0 aromatic heterocycles. The molecule has 0 N–H and O–H groups in total. The van der Waals surface area contributed by atoms with Crippen LogP contribution in [-0.4, -0.2) is 0 Å². The molecular weight excluding hydrogens is 232 g/mol. The van der Waals surface area contributed by atoms with E-state index in [0.29, 0.717) is 11.1 Å². The van der Waals surface area contributed by atoms with Crippen molar-refractivity contribution in [2.24, 2.45) is 0 Å². The normalized spacial score (nSPS) is 10.1. The highest BCUT2D eigenvalue weighted by atomic mass is 14.3. The van der Waals surface area contributed by atoms with Crippen LogP contribution in [0.3, 0.4) is 0 Å². The first-order chi connectivity index (χ1) is 9.31. The molecular formula is C17H16N2. The molecule has 2 nitrogen and oxygen atoms in total. The molecule has 0 saturated carbocycles. The lowest BCUT2D eigenvalue weighted by Crippen LogP contribution is -1.93. The molecule has 0 atom stereocenters. The molecule has 2 heteroatoms. The first-order valence-corrected chi connectivity index (χ1v) is 6.66. The number of nitrogens with zero attached hydrogens (tertiary/aromatic N) is 2. The summed E-state index contributed by atoms with van der Waals surface area (Å²) in [6.45, 7) is 2.18. The number of nitriles is 2. The summed E-state index contributed by atoms with van der Waals surface area (Å²) in [5.74, 6) is 0. The fraction of sp³-hybridized carbons (Fsp3) is 0.294. The Bertz CT molecular complexity index is 672. The quantitative estimate of drug-likeness (QED) is 0.757. The average Bonchev–Trinajstić information content (AvgIpc) is 2.46. The van der Waals surface area contributed by atoms with Gasteiger partial charge in [-0.1, -0.05) is 44.0 Å². The van der Waals surface area contributed by atoms with Crippen molar-refractivity contribution in [3.8, 4) is 12.1 Å². The van der Waals surface area contributed by atoms with E-state index in [9.17, 15) is 5.26 Å². The van der Waals surface area contributed by atoms with Crippen molar-refractivity contribution in [3.63, 3.8) is 0 Å². The Hall–Kier alpha value is -2.32. The second-order valence-electron chi connectivity index (χ2n) is 4.68. The Morgan fingerprint density at radius 3 is 2.53 bits per heavy atom. The highest BCUT2D eigenvalue weighted by molar-refractivity contribution is 5.92. The van der Waals surface area contributed by atoms with Gasteiger partial charge in [0.2, 0.25) is 0 Å². The summed E-state index contributed by atoms with van der Waals surface area (Å²) < 4.78 is 0. The third kappa shape index (κ3) is 2.59. The van der Waals surface area contributed by atoms with Gasteiger partial charge in [0.25, 0.3) is 0 Å². The van der Waals surface area contributed by atoms with Crippen molar-refractivity contribution in [2.45, 2.75) is 32.6 Å². The molecule has 2 aromatic rings. The van der Waals surface area contributed by atoms with Gasteiger partial charge in [-0.15, -0.1) is 0 Å². The number of fused-ring (bicyclic) bond motifs is 1. The van der Waals surface area contributed by atoms with Gasteiger partial charge in [-0.05, 0) is 29.9 Å². The van der Waals surface area contributed by atoms with Crippen molar-refractivity contribution in [1.82, 2.24) is 0 Å². The van der Waals surface area contributed by atoms with Crippen LogP contribution in [0, 0.1) is 22.7 Å². The molecule has 0 heterocycles. The molecule has 19 heavy (non-hydrogen) atoms. The van der Waals surface area contributed by atoms with E-state index in [1.807, 2.05) is 18.2 Å². The standard InChI is InChI=1S/C17H16N2/c1-2-3-4-6-13-7-5-8-14-9-10-15(11-18)16(12-19)17(13)14/h5,7-10H,2-4,6H2,1H3. The lowest BCUT2D eigenvalue weighted by molar-refractivity contribution is 0.719. The van der Waals surface area contributed by atoms with Gasteiger partial charge >= 0.3 is 0 Å². The van der Waals surface area contributed by atoms with E-state index in [1.54, 1.807) is 6.07 Å². The Balaban J connectivity index is 2.59. The van der Waals surface area contributed by atoms with E-state index in [2.05, 4.69) is 25.1 Å². The molecule has 0 saturated heterocycles. The first kappa shape index (κ1) is 13.1. The van der Waals surface area contributed by atoms with Gasteiger partial charge in [0, 0.05) is 5.39 Å². The molecule has 2 aromatic carbocycles. The molecule has 0 fully saturated rings. The monoisotopic (exact) mass is 248 g/mol. The number of benzene rings is 2. The molecule has 0 aliphatic carbocycles. The minimum absolute atomic E-state index is 0.470. The Kier molecular flexibility index (Phi) is 4.16. The third-order valence-corrected chi connectivity index (χ3v) is 3.41. The smallest absolute Gasteiger partial charge is 0.101 e. The van der Waals surface area contributed by atoms with E-state index >= 15 is 0 Å². The summed E-state index contributed by atoms with van der Waals surface area (Å²) in [6, 6.07) is 14.1. The highest BCUT2D eigenvalue weighted by Crippen LogP contribution is 2.26. The number of rotatable bonds is 4. The Morgan fingerprint density at radius 2 is 1.84 bits per heavy atom. The van der Waals surface area contributed by atoms with Gasteiger partial charge in [0.05, 0.1) is 11.1 Å². The number of hydrogen-bond donors (Lipinski definition) is 0. The summed E-state index contributed by atoms with van der Waals surface area (Å²) in [6.07, 6.45) is 4.46. The lowest BCUT2D eigenvalue weighted by Gasteiger charge is -2.09. The predicted octanol–water partition coefficient (Wildman–Crippen LogP) is 4.32. The average molecular weight is 248 g/mol. The van der Waals surface area contributed by atoms with Gasteiger partial charge in [0.15, 0.2) is 0 Å². The molecule has 0 spiro atoms. The van der Waals surface area contributed by atoms with E-state index < -0.39 is 0 Å². The van der Waals surface area contributed by atoms with Gasteiger partial charge < -0.3 is 0 Å². The Labute approximate surface area is 113 Å². The van der Waals surface area contributed by atoms with Crippen LogP contribution in [0.25, 0.3) is 10.8 Å². The molecule has 0 bridgehead atoms. The molecule has 0 amide bonds. The molecule has 0 unspecified atom stereocenters. The third-order valence-electron chi connectivity index (χ3n) is 3.41. The fourth-order valence-corrected chi connectivity index (χ4v) is 2.44. The van der Waals surface area contributed by atoms with E-state index in [1.165, 1.54) is 18.4 Å². The maximum Gasteiger partial charge on any atom is 0.101 e. The van der Waals surface area contributed by atoms with E-state index in [4.69, 9.17) is 5.26 Å². The lowest BCUT2D eigenvalue weighted by atomic mass is 9.93. The van der Waals surface area contributed by atoms with Gasteiger partial charge in [-0.2, -0.15) is 10.5 Å². The second kappa shape index (κ2) is 6.03. The van der Waals surface area contributed by atoms with Gasteiger partial charge in [-0.25, -0.2) is 0 Å². The van der Waals surface area contributed by atoms with Crippen LogP contribution in [0.5, 0.6) is 0 Å². The summed E-state index contributed by atoms with van der Waals surface area (Å²) >= 11 is 0. The van der Waals surface area contributed by atoms with Crippen molar-refractivity contribution < 1.29 is 0 Å². The van der Waals surface area contributed by atoms with Crippen LogP contribution >= 0.6 is 0 Å². The second-order valence-corrected chi connectivity index (χ2v) is 4.68. The minimum Gasteiger partial charge on any atom is -0.192 e. The van der Waals surface area contributed by atoms with Gasteiger partial charge in [0.1, 0.15) is 12.1 Å². The van der Waals surface area contributed by atoms with Crippen LogP contribution in [0.15, 0.2) is 30.3 Å². The summed E-state index contributed by atoms with van der Waals surface area (Å²) in [5, 5.41) is 20.5. The van der Waals surface area contributed by atoms with Crippen LogP contribution in [-0.2, 0) is 6.42 Å². The summed E-state index contributed by atoms with van der Waals surface area (Å²) in [4.78, 5) is 0. The predicted molar refractivity (Wildman–Crippen MR) is 76.6 cm³/mol. The molecule has 0 aliphatic heterocycles. The molecule has 2 rings (SSSR count). The van der Waals surface area contributed by atoms with Gasteiger partial charge in [-0.3, -0.25) is 0 Å². The number of hydrogen-bond acceptors (Lipinski definition) is 2. The van der Waals surface area contributed by atoms with Crippen molar-refractivity contribution in [2.75, 3.05) is 0 Å². The zero-order valence-corrected chi connectivity index (χ0v) is 11.1. The van der Waals surface area contributed by atoms with Crippen LogP contribution in [0.4, 0.5) is 0 Å². The van der Waals surface area contributed by atoms with Crippen LogP contribution < -0.4 is 0 Å². The first-order valence-electron chi connectivity index (χ1n) is 6.66. The highest BCUT2D eigenvalue weighted by Gasteiger charge is 2.10. The zero-order valence-electron chi connectivity index (χ0n) is 11.1. The molecule has 0 aliphatic rings. The Morgan fingerprint density at radius 1 is 1.00 bits per heavy atom.